The zero-order valence-electron chi connectivity index (χ0n) is 15.7. The molecule has 2 aromatic rings. The highest BCUT2D eigenvalue weighted by atomic mass is 32.2. The van der Waals surface area contributed by atoms with Crippen molar-refractivity contribution in [3.05, 3.63) is 59.2 Å². The highest BCUT2D eigenvalue weighted by molar-refractivity contribution is 8.08. The number of carbonyl (C=O) groups excluding carboxylic acids is 1. The molecule has 1 fully saturated rings. The second-order valence-corrected chi connectivity index (χ2v) is 9.05. The van der Waals surface area contributed by atoms with Crippen LogP contribution in [0.5, 0.6) is 0 Å². The monoisotopic (exact) mass is 419 g/mol. The van der Waals surface area contributed by atoms with Crippen molar-refractivity contribution < 1.29 is 22.0 Å². The van der Waals surface area contributed by atoms with Gasteiger partial charge in [-0.15, -0.1) is 0 Å². The topological polar surface area (TPSA) is 70.1 Å². The predicted molar refractivity (Wildman–Crippen MR) is 104 cm³/mol. The summed E-state index contributed by atoms with van der Waals surface area (Å²) in [5.74, 6) is -2.14. The number of hydrogen-bond acceptors (Lipinski definition) is 5. The smallest absolute Gasteiger partial charge is 0.286 e. The first-order valence-electron chi connectivity index (χ1n) is 9.22. The number of sulfone groups is 1. The Morgan fingerprint density at radius 2 is 1.72 bits per heavy atom. The van der Waals surface area contributed by atoms with Gasteiger partial charge < -0.3 is 4.90 Å². The van der Waals surface area contributed by atoms with Crippen LogP contribution in [-0.4, -0.2) is 37.4 Å². The molecule has 0 aliphatic carbocycles. The number of halogens is 2. The molecule has 1 saturated heterocycles. The van der Waals surface area contributed by atoms with Gasteiger partial charge in [0.2, 0.25) is 14.9 Å². The van der Waals surface area contributed by atoms with E-state index in [1.165, 1.54) is 16.0 Å². The third-order valence-electron chi connectivity index (χ3n) is 4.98. The van der Waals surface area contributed by atoms with Crippen LogP contribution in [0.15, 0.2) is 46.4 Å². The van der Waals surface area contributed by atoms with Crippen molar-refractivity contribution >= 4 is 26.5 Å². The molecule has 4 rings (SSSR count). The SMILES string of the molecule is Cc1ccc2c(c1)N(Cc1cc(F)cc(F)c1)N=C(C(=O)N1CCCC1)S2(=O)=O. The minimum atomic E-state index is -4.11. The van der Waals surface area contributed by atoms with Gasteiger partial charge in [-0.05, 0) is 55.2 Å². The van der Waals surface area contributed by atoms with Crippen LogP contribution in [0.1, 0.15) is 24.0 Å². The van der Waals surface area contributed by atoms with Gasteiger partial charge in [-0.25, -0.2) is 17.2 Å². The van der Waals surface area contributed by atoms with Crippen LogP contribution >= 0.6 is 0 Å². The van der Waals surface area contributed by atoms with Gasteiger partial charge in [0, 0.05) is 19.2 Å². The van der Waals surface area contributed by atoms with E-state index in [2.05, 4.69) is 5.10 Å². The zero-order valence-corrected chi connectivity index (χ0v) is 16.5. The van der Waals surface area contributed by atoms with Gasteiger partial charge in [-0.3, -0.25) is 9.80 Å². The molecule has 0 radical (unpaired) electrons. The number of carbonyl (C=O) groups is 1. The van der Waals surface area contributed by atoms with Crippen molar-refractivity contribution in [2.24, 2.45) is 5.10 Å². The second-order valence-electron chi connectivity index (χ2n) is 7.21. The molecular weight excluding hydrogens is 400 g/mol. The molecule has 9 heteroatoms. The van der Waals surface area contributed by atoms with Gasteiger partial charge in [0.05, 0.1) is 17.1 Å². The second kappa shape index (κ2) is 7.22. The van der Waals surface area contributed by atoms with E-state index in [4.69, 9.17) is 0 Å². The maximum Gasteiger partial charge on any atom is 0.286 e. The number of likely N-dealkylation sites (tertiary alicyclic amines) is 1. The Morgan fingerprint density at radius 3 is 2.38 bits per heavy atom. The normalized spacial score (nSPS) is 17.8. The van der Waals surface area contributed by atoms with E-state index >= 15 is 0 Å². The average molecular weight is 419 g/mol. The first-order valence-corrected chi connectivity index (χ1v) is 10.7. The van der Waals surface area contributed by atoms with E-state index in [0.29, 0.717) is 13.1 Å². The number of benzene rings is 2. The lowest BCUT2D eigenvalue weighted by atomic mass is 10.1. The van der Waals surface area contributed by atoms with Gasteiger partial charge in [-0.1, -0.05) is 6.07 Å². The Hall–Kier alpha value is -2.81. The molecule has 0 saturated carbocycles. The largest absolute Gasteiger partial charge is 0.337 e. The number of amides is 1. The fourth-order valence-electron chi connectivity index (χ4n) is 3.59. The summed E-state index contributed by atoms with van der Waals surface area (Å²) >= 11 is 0. The number of hydrazone groups is 1. The minimum Gasteiger partial charge on any atom is -0.337 e. The van der Waals surface area contributed by atoms with Crippen LogP contribution in [0, 0.1) is 18.6 Å². The van der Waals surface area contributed by atoms with E-state index in [9.17, 15) is 22.0 Å². The molecule has 0 N–H and O–H groups in total. The molecule has 1 amide bonds. The lowest BCUT2D eigenvalue weighted by Gasteiger charge is -2.29. The molecule has 2 heterocycles. The van der Waals surface area contributed by atoms with Crippen molar-refractivity contribution in [2.45, 2.75) is 31.2 Å². The molecule has 0 atom stereocenters. The third kappa shape index (κ3) is 3.62. The molecule has 0 unspecified atom stereocenters. The van der Waals surface area contributed by atoms with E-state index in [1.54, 1.807) is 19.1 Å². The summed E-state index contributed by atoms with van der Waals surface area (Å²) in [6.45, 7) is 2.66. The summed E-state index contributed by atoms with van der Waals surface area (Å²) in [5.41, 5.74) is 1.33. The van der Waals surface area contributed by atoms with Crippen molar-refractivity contribution in [1.82, 2.24) is 4.90 Å². The molecule has 0 aromatic heterocycles. The highest BCUT2D eigenvalue weighted by Gasteiger charge is 2.40. The van der Waals surface area contributed by atoms with E-state index < -0.39 is 32.4 Å². The maximum absolute atomic E-state index is 13.6. The number of anilines is 1. The molecule has 2 aromatic carbocycles. The Balaban J connectivity index is 1.81. The Morgan fingerprint density at radius 1 is 1.07 bits per heavy atom. The number of rotatable bonds is 3. The molecule has 152 valence electrons. The standard InChI is InChI=1S/C20H19F2N3O3S/c1-13-4-5-18-17(8-13)25(12-14-9-15(21)11-16(22)10-14)23-19(29(18,27)28)20(26)24-6-2-3-7-24/h4-5,8-11H,2-3,6-7,12H2,1H3. The molecular formula is C20H19F2N3O3S. The number of fused-ring (bicyclic) bond motifs is 1. The van der Waals surface area contributed by atoms with Crippen molar-refractivity contribution in [2.75, 3.05) is 18.1 Å². The fourth-order valence-corrected chi connectivity index (χ4v) is 5.05. The highest BCUT2D eigenvalue weighted by Crippen LogP contribution is 2.34. The van der Waals surface area contributed by atoms with Gasteiger partial charge >= 0.3 is 0 Å². The van der Waals surface area contributed by atoms with Gasteiger partial charge in [0.1, 0.15) is 11.6 Å². The quantitative estimate of drug-likeness (QED) is 0.767. The van der Waals surface area contributed by atoms with Crippen molar-refractivity contribution in [3.8, 4) is 0 Å². The number of hydrogen-bond donors (Lipinski definition) is 0. The lowest BCUT2D eigenvalue weighted by molar-refractivity contribution is -0.122. The predicted octanol–water partition coefficient (Wildman–Crippen LogP) is 3.00. The van der Waals surface area contributed by atoms with Crippen LogP contribution in [0.2, 0.25) is 0 Å². The summed E-state index contributed by atoms with van der Waals surface area (Å²) in [4.78, 5) is 14.3. The molecule has 29 heavy (non-hydrogen) atoms. The molecule has 0 bridgehead atoms. The van der Waals surface area contributed by atoms with Crippen LogP contribution in [0.25, 0.3) is 0 Å². The summed E-state index contributed by atoms with van der Waals surface area (Å²) in [5, 5.41) is 4.90. The van der Waals surface area contributed by atoms with Crippen molar-refractivity contribution in [1.29, 1.82) is 0 Å². The summed E-state index contributed by atoms with van der Waals surface area (Å²) in [6, 6.07) is 7.76. The van der Waals surface area contributed by atoms with Crippen molar-refractivity contribution in [3.63, 3.8) is 0 Å². The molecule has 0 spiro atoms. The summed E-state index contributed by atoms with van der Waals surface area (Å²) < 4.78 is 53.4. The van der Waals surface area contributed by atoms with Gasteiger partial charge in [0.25, 0.3) is 5.91 Å². The van der Waals surface area contributed by atoms with Gasteiger partial charge in [0.15, 0.2) is 0 Å². The number of aryl methyl sites for hydroxylation is 1. The van der Waals surface area contributed by atoms with E-state index in [-0.39, 0.29) is 22.7 Å². The zero-order chi connectivity index (χ0) is 20.8. The van der Waals surface area contributed by atoms with Crippen LogP contribution in [-0.2, 0) is 21.2 Å². The Bertz CT molecular complexity index is 1110. The molecule has 2 aliphatic rings. The van der Waals surface area contributed by atoms with Crippen LogP contribution in [0.3, 0.4) is 0 Å². The minimum absolute atomic E-state index is 0.0440. The van der Waals surface area contributed by atoms with Crippen LogP contribution in [0.4, 0.5) is 14.5 Å². The Kier molecular flexibility index (Phi) is 4.85. The maximum atomic E-state index is 13.6. The van der Waals surface area contributed by atoms with Gasteiger partial charge in [-0.2, -0.15) is 5.10 Å². The molecule has 6 nitrogen and oxygen atoms in total. The summed E-state index contributed by atoms with van der Waals surface area (Å²) in [6.07, 6.45) is 1.61. The average Bonchev–Trinajstić information content (AvgIpc) is 3.17. The molecule has 2 aliphatic heterocycles. The fraction of sp³-hybridized carbons (Fsp3) is 0.300. The Labute approximate surface area is 167 Å². The van der Waals surface area contributed by atoms with E-state index in [1.807, 2.05) is 0 Å². The lowest BCUT2D eigenvalue weighted by Crippen LogP contribution is -2.42. The third-order valence-corrected chi connectivity index (χ3v) is 6.67. The summed E-state index contributed by atoms with van der Waals surface area (Å²) in [7, 11) is -4.11. The first-order chi connectivity index (χ1) is 13.8. The number of nitrogens with zero attached hydrogens (tertiary/aromatic N) is 3. The van der Waals surface area contributed by atoms with E-state index in [0.717, 1.165) is 36.6 Å². The first kappa shape index (κ1) is 19.5. The van der Waals surface area contributed by atoms with Crippen LogP contribution < -0.4 is 5.01 Å².